The molecule has 1 atom stereocenters. The molecule has 4 nitrogen and oxygen atoms in total. The summed E-state index contributed by atoms with van der Waals surface area (Å²) in [6.45, 7) is 3.26. The van der Waals surface area contributed by atoms with E-state index in [0.717, 1.165) is 36.9 Å². The van der Waals surface area contributed by atoms with Gasteiger partial charge in [-0.25, -0.2) is 9.97 Å². The summed E-state index contributed by atoms with van der Waals surface area (Å²) in [7, 11) is 0. The summed E-state index contributed by atoms with van der Waals surface area (Å²) in [6, 6.07) is 12.7. The van der Waals surface area contributed by atoms with Gasteiger partial charge in [0.2, 0.25) is 0 Å². The maximum absolute atomic E-state index is 4.91. The van der Waals surface area contributed by atoms with Crippen LogP contribution in [0, 0.1) is 5.92 Å². The highest BCUT2D eigenvalue weighted by Crippen LogP contribution is 2.32. The van der Waals surface area contributed by atoms with Gasteiger partial charge in [-0.3, -0.25) is 0 Å². The van der Waals surface area contributed by atoms with Gasteiger partial charge in [0.15, 0.2) is 0 Å². The second-order valence-corrected chi connectivity index (χ2v) is 7.88. The number of aromatic nitrogens is 3. The highest BCUT2D eigenvalue weighted by molar-refractivity contribution is 5.80. The fourth-order valence-corrected chi connectivity index (χ4v) is 4.42. The molecule has 1 unspecified atom stereocenters. The molecule has 1 aromatic carbocycles. The Morgan fingerprint density at radius 1 is 1.00 bits per heavy atom. The predicted octanol–water partition coefficient (Wildman–Crippen LogP) is 4.62. The van der Waals surface area contributed by atoms with Crippen LogP contribution in [0.4, 0.5) is 5.82 Å². The molecule has 4 heteroatoms. The number of para-hydroxylation sites is 1. The lowest BCUT2D eigenvalue weighted by atomic mass is 9.85. The van der Waals surface area contributed by atoms with Gasteiger partial charge in [0.25, 0.3) is 0 Å². The van der Waals surface area contributed by atoms with E-state index >= 15 is 0 Å². The number of nitrogens with zero attached hydrogens (tertiary/aromatic N) is 4. The monoisotopic (exact) mass is 346 g/mol. The van der Waals surface area contributed by atoms with Crippen LogP contribution in [0.15, 0.2) is 48.8 Å². The van der Waals surface area contributed by atoms with E-state index in [1.807, 2.05) is 6.20 Å². The van der Waals surface area contributed by atoms with Crippen LogP contribution in [-0.2, 0) is 6.54 Å². The van der Waals surface area contributed by atoms with Crippen molar-refractivity contribution in [2.75, 3.05) is 18.0 Å². The van der Waals surface area contributed by atoms with Crippen LogP contribution in [0.5, 0.6) is 0 Å². The SMILES string of the molecule is c1ccc2nc(N3CCCC(c4nccn4CC4CCC4)C3)ccc2c1. The molecular weight excluding hydrogens is 320 g/mol. The van der Waals surface area contributed by atoms with Crippen LogP contribution >= 0.6 is 0 Å². The molecule has 1 saturated carbocycles. The Hall–Kier alpha value is -2.36. The summed E-state index contributed by atoms with van der Waals surface area (Å²) in [5.41, 5.74) is 1.08. The molecule has 1 saturated heterocycles. The van der Waals surface area contributed by atoms with E-state index < -0.39 is 0 Å². The Bertz CT molecular complexity index is 896. The van der Waals surface area contributed by atoms with E-state index in [4.69, 9.17) is 9.97 Å². The lowest BCUT2D eigenvalue weighted by Gasteiger charge is -2.34. The van der Waals surface area contributed by atoms with Crippen molar-refractivity contribution in [2.45, 2.75) is 44.6 Å². The fraction of sp³-hybridized carbons (Fsp3) is 0.455. The molecule has 26 heavy (non-hydrogen) atoms. The number of imidazole rings is 1. The number of rotatable bonds is 4. The van der Waals surface area contributed by atoms with Crippen molar-refractivity contribution in [1.82, 2.24) is 14.5 Å². The van der Waals surface area contributed by atoms with E-state index in [1.165, 1.54) is 43.3 Å². The number of benzene rings is 1. The van der Waals surface area contributed by atoms with Gasteiger partial charge in [0, 0.05) is 43.3 Å². The van der Waals surface area contributed by atoms with Crippen LogP contribution in [0.1, 0.15) is 43.8 Å². The Morgan fingerprint density at radius 3 is 2.81 bits per heavy atom. The van der Waals surface area contributed by atoms with Crippen LogP contribution in [-0.4, -0.2) is 27.6 Å². The van der Waals surface area contributed by atoms with E-state index in [9.17, 15) is 0 Å². The summed E-state index contributed by atoms with van der Waals surface area (Å²) in [6.07, 6.45) is 10.8. The molecule has 3 heterocycles. The minimum Gasteiger partial charge on any atom is -0.356 e. The van der Waals surface area contributed by atoms with Gasteiger partial charge >= 0.3 is 0 Å². The first-order valence-electron chi connectivity index (χ1n) is 9.98. The molecule has 0 N–H and O–H groups in total. The summed E-state index contributed by atoms with van der Waals surface area (Å²) >= 11 is 0. The molecule has 5 rings (SSSR count). The molecule has 1 aliphatic carbocycles. The standard InChI is InChI=1S/C22H26N4/c1-2-9-20-18(7-1)10-11-21(24-20)25-13-4-8-19(16-25)22-23-12-14-26(22)15-17-5-3-6-17/h1-2,7,9-12,14,17,19H,3-6,8,13,15-16H2. The molecule has 1 aliphatic heterocycles. The molecule has 2 fully saturated rings. The lowest BCUT2D eigenvalue weighted by Crippen LogP contribution is -2.36. The Kier molecular flexibility index (Phi) is 4.12. The van der Waals surface area contributed by atoms with E-state index in [0.29, 0.717) is 5.92 Å². The second-order valence-electron chi connectivity index (χ2n) is 7.88. The molecule has 0 bridgehead atoms. The fourth-order valence-electron chi connectivity index (χ4n) is 4.42. The first kappa shape index (κ1) is 15.9. The molecule has 134 valence electrons. The van der Waals surface area contributed by atoms with Crippen molar-refractivity contribution in [1.29, 1.82) is 0 Å². The van der Waals surface area contributed by atoms with Crippen molar-refractivity contribution >= 4 is 16.7 Å². The van der Waals surface area contributed by atoms with Gasteiger partial charge in [0.1, 0.15) is 11.6 Å². The third kappa shape index (κ3) is 2.98. The van der Waals surface area contributed by atoms with Crippen LogP contribution < -0.4 is 4.90 Å². The molecule has 2 aliphatic rings. The van der Waals surface area contributed by atoms with Crippen molar-refractivity contribution < 1.29 is 0 Å². The molecular formula is C22H26N4. The van der Waals surface area contributed by atoms with Gasteiger partial charge in [-0.15, -0.1) is 0 Å². The normalized spacial score (nSPS) is 21.1. The zero-order chi connectivity index (χ0) is 17.3. The zero-order valence-corrected chi connectivity index (χ0v) is 15.2. The van der Waals surface area contributed by atoms with Gasteiger partial charge in [0.05, 0.1) is 5.52 Å². The summed E-state index contributed by atoms with van der Waals surface area (Å²) in [4.78, 5) is 12.1. The number of hydrogen-bond donors (Lipinski definition) is 0. The van der Waals surface area contributed by atoms with Gasteiger partial charge in [-0.05, 0) is 49.8 Å². The maximum Gasteiger partial charge on any atom is 0.129 e. The smallest absolute Gasteiger partial charge is 0.129 e. The van der Waals surface area contributed by atoms with Gasteiger partial charge < -0.3 is 9.47 Å². The Labute approximate surface area is 154 Å². The maximum atomic E-state index is 4.91. The minimum atomic E-state index is 0.507. The van der Waals surface area contributed by atoms with Crippen molar-refractivity contribution in [3.63, 3.8) is 0 Å². The average molecular weight is 346 g/mol. The number of fused-ring (bicyclic) bond motifs is 1. The second kappa shape index (κ2) is 6.75. The predicted molar refractivity (Wildman–Crippen MR) is 105 cm³/mol. The Balaban J connectivity index is 1.36. The average Bonchev–Trinajstić information content (AvgIpc) is 3.13. The number of piperidine rings is 1. The molecule has 0 spiro atoms. The summed E-state index contributed by atoms with van der Waals surface area (Å²) in [5, 5.41) is 1.21. The van der Waals surface area contributed by atoms with Crippen molar-refractivity contribution in [2.24, 2.45) is 5.92 Å². The Morgan fingerprint density at radius 2 is 1.92 bits per heavy atom. The van der Waals surface area contributed by atoms with E-state index in [-0.39, 0.29) is 0 Å². The number of pyridine rings is 1. The largest absolute Gasteiger partial charge is 0.356 e. The quantitative estimate of drug-likeness (QED) is 0.691. The number of hydrogen-bond acceptors (Lipinski definition) is 3. The molecule has 2 aromatic heterocycles. The van der Waals surface area contributed by atoms with Crippen molar-refractivity contribution in [3.8, 4) is 0 Å². The van der Waals surface area contributed by atoms with Crippen molar-refractivity contribution in [3.05, 3.63) is 54.6 Å². The third-order valence-corrected chi connectivity index (χ3v) is 6.12. The van der Waals surface area contributed by atoms with Crippen LogP contribution in [0.2, 0.25) is 0 Å². The highest BCUT2D eigenvalue weighted by Gasteiger charge is 2.27. The van der Waals surface area contributed by atoms with Gasteiger partial charge in [-0.1, -0.05) is 24.6 Å². The topological polar surface area (TPSA) is 34.0 Å². The minimum absolute atomic E-state index is 0.507. The molecule has 0 amide bonds. The van der Waals surface area contributed by atoms with E-state index in [1.54, 1.807) is 0 Å². The van der Waals surface area contributed by atoms with Crippen LogP contribution in [0.25, 0.3) is 10.9 Å². The molecule has 0 radical (unpaired) electrons. The zero-order valence-electron chi connectivity index (χ0n) is 15.2. The van der Waals surface area contributed by atoms with E-state index in [2.05, 4.69) is 52.1 Å². The molecule has 3 aromatic rings. The summed E-state index contributed by atoms with van der Waals surface area (Å²) in [5.74, 6) is 3.75. The first-order valence-corrected chi connectivity index (χ1v) is 9.98. The third-order valence-electron chi connectivity index (χ3n) is 6.12. The number of anilines is 1. The van der Waals surface area contributed by atoms with Crippen LogP contribution in [0.3, 0.4) is 0 Å². The first-order chi connectivity index (χ1) is 12.9. The lowest BCUT2D eigenvalue weighted by molar-refractivity contribution is 0.270. The van der Waals surface area contributed by atoms with Gasteiger partial charge in [-0.2, -0.15) is 0 Å². The highest BCUT2D eigenvalue weighted by atomic mass is 15.2. The summed E-state index contributed by atoms with van der Waals surface area (Å²) < 4.78 is 2.42.